The number of amides is 3. The monoisotopic (exact) mass is 470 g/mol. The predicted octanol–water partition coefficient (Wildman–Crippen LogP) is -2.35. The van der Waals surface area contributed by atoms with Crippen molar-refractivity contribution in [2.75, 3.05) is 12.3 Å². The molecular formula is C18H26N6O7S. The summed E-state index contributed by atoms with van der Waals surface area (Å²) in [6.07, 6.45) is 3.25. The summed E-state index contributed by atoms with van der Waals surface area (Å²) in [5.74, 6) is -5.03. The van der Waals surface area contributed by atoms with Gasteiger partial charge in [0.1, 0.15) is 18.1 Å². The zero-order valence-corrected chi connectivity index (χ0v) is 17.9. The Kier molecular flexibility index (Phi) is 9.46. The van der Waals surface area contributed by atoms with E-state index in [-0.39, 0.29) is 12.2 Å². The minimum absolute atomic E-state index is 0.0940. The van der Waals surface area contributed by atoms with Crippen molar-refractivity contribution in [3.63, 3.8) is 0 Å². The van der Waals surface area contributed by atoms with E-state index in [1.54, 1.807) is 0 Å². The number of rotatable bonds is 12. The molecule has 1 aromatic heterocycles. The highest BCUT2D eigenvalue weighted by molar-refractivity contribution is 7.80. The number of aliphatic carboxylic acids is 2. The smallest absolute Gasteiger partial charge is 0.326 e. The molecule has 0 saturated carbocycles. The molecule has 2 heterocycles. The highest BCUT2D eigenvalue weighted by Crippen LogP contribution is 2.06. The normalized spacial score (nSPS) is 18.2. The van der Waals surface area contributed by atoms with Gasteiger partial charge in [0.2, 0.25) is 17.7 Å². The lowest BCUT2D eigenvalue weighted by Gasteiger charge is -2.23. The molecule has 1 aromatic rings. The van der Waals surface area contributed by atoms with Gasteiger partial charge in [0, 0.05) is 24.1 Å². The van der Waals surface area contributed by atoms with Crippen LogP contribution in [0.5, 0.6) is 0 Å². The fourth-order valence-electron chi connectivity index (χ4n) is 3.12. The van der Waals surface area contributed by atoms with Crippen LogP contribution < -0.4 is 21.3 Å². The second-order valence-corrected chi connectivity index (χ2v) is 7.60. The van der Waals surface area contributed by atoms with E-state index in [1.807, 2.05) is 0 Å². The molecule has 1 aliphatic rings. The lowest BCUT2D eigenvalue weighted by atomic mass is 10.1. The van der Waals surface area contributed by atoms with Crippen LogP contribution in [-0.4, -0.2) is 86.3 Å². The number of carboxylic acid groups (broad SMARTS) is 2. The van der Waals surface area contributed by atoms with Crippen LogP contribution in [0.2, 0.25) is 0 Å². The number of imidazole rings is 1. The van der Waals surface area contributed by atoms with Crippen LogP contribution in [0.1, 0.15) is 25.0 Å². The summed E-state index contributed by atoms with van der Waals surface area (Å²) in [5, 5.41) is 28.5. The van der Waals surface area contributed by atoms with Gasteiger partial charge in [-0.25, -0.2) is 9.78 Å². The second-order valence-electron chi connectivity index (χ2n) is 7.23. The number of carboxylic acids is 2. The first-order valence-electron chi connectivity index (χ1n) is 9.88. The van der Waals surface area contributed by atoms with Crippen LogP contribution in [0.4, 0.5) is 0 Å². The maximum Gasteiger partial charge on any atom is 0.326 e. The van der Waals surface area contributed by atoms with Gasteiger partial charge in [-0.3, -0.25) is 19.2 Å². The Morgan fingerprint density at radius 2 is 1.78 bits per heavy atom. The SMILES string of the molecule is O=C(O)CC(NC(=O)C(CS)NC(=O)C1CCCN1)C(=O)NC(Cc1cnc[nH]1)C(=O)O. The molecule has 176 valence electrons. The van der Waals surface area contributed by atoms with Crippen LogP contribution >= 0.6 is 12.6 Å². The number of hydrogen-bond acceptors (Lipinski definition) is 8. The largest absolute Gasteiger partial charge is 0.481 e. The minimum atomic E-state index is -1.56. The minimum Gasteiger partial charge on any atom is -0.481 e. The van der Waals surface area contributed by atoms with Crippen LogP contribution in [0.25, 0.3) is 0 Å². The lowest BCUT2D eigenvalue weighted by molar-refractivity contribution is -0.143. The quantitative estimate of drug-likeness (QED) is 0.154. The third-order valence-electron chi connectivity index (χ3n) is 4.80. The van der Waals surface area contributed by atoms with Crippen molar-refractivity contribution in [1.29, 1.82) is 0 Å². The number of aromatic nitrogens is 2. The van der Waals surface area contributed by atoms with Gasteiger partial charge in [-0.1, -0.05) is 0 Å². The highest BCUT2D eigenvalue weighted by atomic mass is 32.1. The van der Waals surface area contributed by atoms with Gasteiger partial charge in [0.25, 0.3) is 0 Å². The summed E-state index contributed by atoms with van der Waals surface area (Å²) in [4.78, 5) is 66.7. The lowest BCUT2D eigenvalue weighted by Crippen LogP contribution is -2.58. The molecule has 0 bridgehead atoms. The Hall–Kier alpha value is -3.13. The molecule has 1 fully saturated rings. The third-order valence-corrected chi connectivity index (χ3v) is 5.16. The van der Waals surface area contributed by atoms with Crippen LogP contribution in [0.15, 0.2) is 12.5 Å². The van der Waals surface area contributed by atoms with Gasteiger partial charge in [0.05, 0.1) is 18.8 Å². The average Bonchev–Trinajstić information content (AvgIpc) is 3.44. The van der Waals surface area contributed by atoms with Gasteiger partial charge in [-0.05, 0) is 19.4 Å². The first-order chi connectivity index (χ1) is 15.2. The summed E-state index contributed by atoms with van der Waals surface area (Å²) >= 11 is 4.05. The molecule has 4 unspecified atom stereocenters. The predicted molar refractivity (Wildman–Crippen MR) is 113 cm³/mol. The van der Waals surface area contributed by atoms with Gasteiger partial charge in [-0.2, -0.15) is 12.6 Å². The molecule has 4 atom stereocenters. The van der Waals surface area contributed by atoms with Gasteiger partial charge < -0.3 is 36.5 Å². The topological polar surface area (TPSA) is 203 Å². The second kappa shape index (κ2) is 12.0. The van der Waals surface area contributed by atoms with Crippen molar-refractivity contribution < 1.29 is 34.2 Å². The van der Waals surface area contributed by atoms with E-state index in [2.05, 4.69) is 43.9 Å². The highest BCUT2D eigenvalue weighted by Gasteiger charge is 2.32. The maximum absolute atomic E-state index is 12.6. The summed E-state index contributed by atoms with van der Waals surface area (Å²) in [5.41, 5.74) is 0.440. The van der Waals surface area contributed by atoms with Crippen LogP contribution in [-0.2, 0) is 30.4 Å². The zero-order valence-electron chi connectivity index (χ0n) is 17.0. The molecule has 7 N–H and O–H groups in total. The molecule has 1 saturated heterocycles. The van der Waals surface area contributed by atoms with Crippen LogP contribution in [0.3, 0.4) is 0 Å². The Balaban J connectivity index is 2.03. The summed E-state index contributed by atoms with van der Waals surface area (Å²) in [6.45, 7) is 0.681. The molecule has 0 aliphatic carbocycles. The zero-order chi connectivity index (χ0) is 23.7. The van der Waals surface area contributed by atoms with Gasteiger partial charge in [-0.15, -0.1) is 0 Å². The first-order valence-corrected chi connectivity index (χ1v) is 10.5. The van der Waals surface area contributed by atoms with Crippen LogP contribution in [0, 0.1) is 0 Å². The van der Waals surface area contributed by atoms with Gasteiger partial charge >= 0.3 is 11.9 Å². The molecule has 0 radical (unpaired) electrons. The number of H-pyrrole nitrogens is 1. The van der Waals surface area contributed by atoms with Gasteiger partial charge in [0.15, 0.2) is 0 Å². The molecule has 32 heavy (non-hydrogen) atoms. The van der Waals surface area contributed by atoms with Crippen molar-refractivity contribution in [3.05, 3.63) is 18.2 Å². The van der Waals surface area contributed by atoms with Crippen molar-refractivity contribution >= 4 is 42.3 Å². The number of nitrogens with zero attached hydrogens (tertiary/aromatic N) is 1. The number of nitrogens with one attached hydrogen (secondary N) is 5. The van der Waals surface area contributed by atoms with E-state index in [9.17, 15) is 29.1 Å². The van der Waals surface area contributed by atoms with E-state index in [0.29, 0.717) is 18.7 Å². The number of hydrogen-bond donors (Lipinski definition) is 8. The summed E-state index contributed by atoms with van der Waals surface area (Å²) < 4.78 is 0. The third kappa shape index (κ3) is 7.53. The first kappa shape index (κ1) is 25.1. The Morgan fingerprint density at radius 3 is 2.31 bits per heavy atom. The molecule has 13 nitrogen and oxygen atoms in total. The molecule has 14 heteroatoms. The fraction of sp³-hybridized carbons (Fsp3) is 0.556. The van der Waals surface area contributed by atoms with E-state index in [4.69, 9.17) is 5.11 Å². The van der Waals surface area contributed by atoms with E-state index in [0.717, 1.165) is 6.42 Å². The maximum atomic E-state index is 12.6. The van der Waals surface area contributed by atoms with Crippen molar-refractivity contribution in [3.8, 4) is 0 Å². The van der Waals surface area contributed by atoms with Crippen molar-refractivity contribution in [1.82, 2.24) is 31.2 Å². The van der Waals surface area contributed by atoms with E-state index in [1.165, 1.54) is 12.5 Å². The molecule has 0 aromatic carbocycles. The molecule has 2 rings (SSSR count). The average molecular weight is 471 g/mol. The molecule has 3 amide bonds. The fourth-order valence-corrected chi connectivity index (χ4v) is 3.38. The van der Waals surface area contributed by atoms with E-state index >= 15 is 0 Å². The molecule has 1 aliphatic heterocycles. The Labute approximate surface area is 188 Å². The van der Waals surface area contributed by atoms with Crippen molar-refractivity contribution in [2.24, 2.45) is 0 Å². The number of carbonyl (C=O) groups excluding carboxylic acids is 3. The number of aromatic amines is 1. The molecule has 0 spiro atoms. The summed E-state index contributed by atoms with van der Waals surface area (Å²) in [7, 11) is 0. The van der Waals surface area contributed by atoms with E-state index < -0.39 is 60.2 Å². The Bertz CT molecular complexity index is 828. The number of carbonyl (C=O) groups is 5. The van der Waals surface area contributed by atoms with Crippen molar-refractivity contribution in [2.45, 2.75) is 49.9 Å². The molecular weight excluding hydrogens is 444 g/mol. The number of thiol groups is 1. The standard InChI is InChI=1S/C18H26N6O7S/c25-14(26)5-11(16(28)23-12(18(30)31)4-9-6-19-8-21-9)22-17(29)13(7-32)24-15(27)10-2-1-3-20-10/h6,8,10-13,20,32H,1-5,7H2,(H,19,21)(H,22,29)(H,23,28)(H,24,27)(H,25,26)(H,30,31). The Morgan fingerprint density at radius 1 is 1.09 bits per heavy atom. The summed E-state index contributed by atoms with van der Waals surface area (Å²) in [6, 6.07) is -4.50.